The highest BCUT2D eigenvalue weighted by Crippen LogP contribution is 2.40. The normalized spacial score (nSPS) is 17.0. The number of halogens is 1. The summed E-state index contributed by atoms with van der Waals surface area (Å²) in [6, 6.07) is 14.0. The van der Waals surface area contributed by atoms with Gasteiger partial charge in [-0.05, 0) is 43.2 Å². The van der Waals surface area contributed by atoms with E-state index in [0.717, 1.165) is 16.8 Å². The van der Waals surface area contributed by atoms with E-state index >= 15 is 0 Å². The van der Waals surface area contributed by atoms with E-state index in [9.17, 15) is 8.42 Å². The van der Waals surface area contributed by atoms with Crippen LogP contribution in [0.2, 0.25) is 5.02 Å². The maximum Gasteiger partial charge on any atom is 0.264 e. The molecule has 0 bridgehead atoms. The third-order valence-corrected chi connectivity index (χ3v) is 6.73. The minimum Gasteiger partial charge on any atom is -0.285 e. The van der Waals surface area contributed by atoms with Crippen molar-refractivity contribution in [2.45, 2.75) is 18.2 Å². The van der Waals surface area contributed by atoms with Crippen LogP contribution in [0.5, 0.6) is 0 Å². The standard InChI is InChI=1S/C19H17ClN2O2S/c1-13-19-14(12-21-13)9-10-22(18-11-15(20)7-8-17(18)19)25(23,24)16-5-3-2-4-6-16/h2-8,11H,9-10,12H2,1H3. The highest BCUT2D eigenvalue weighted by atomic mass is 35.5. The van der Waals surface area contributed by atoms with Crippen LogP contribution in [0.15, 0.2) is 64.0 Å². The summed E-state index contributed by atoms with van der Waals surface area (Å²) in [5, 5.41) is 0.517. The van der Waals surface area contributed by atoms with Crippen LogP contribution in [0, 0.1) is 0 Å². The van der Waals surface area contributed by atoms with Gasteiger partial charge >= 0.3 is 0 Å². The second-order valence-electron chi connectivity index (χ2n) is 6.18. The largest absolute Gasteiger partial charge is 0.285 e. The third kappa shape index (κ3) is 2.68. The van der Waals surface area contributed by atoms with Crippen LogP contribution in [-0.4, -0.2) is 27.2 Å². The Morgan fingerprint density at radius 3 is 2.64 bits per heavy atom. The minimum atomic E-state index is -3.66. The predicted molar refractivity (Wildman–Crippen MR) is 102 cm³/mol. The minimum absolute atomic E-state index is 0.286. The van der Waals surface area contributed by atoms with Crippen molar-refractivity contribution in [3.63, 3.8) is 0 Å². The Hall–Kier alpha value is -2.11. The zero-order valence-electron chi connectivity index (χ0n) is 13.7. The molecule has 0 aromatic heterocycles. The summed E-state index contributed by atoms with van der Waals surface area (Å²) in [6.07, 6.45) is 0.661. The molecular formula is C19H17ClN2O2S. The van der Waals surface area contributed by atoms with Crippen molar-refractivity contribution in [2.75, 3.05) is 17.4 Å². The predicted octanol–water partition coefficient (Wildman–Crippen LogP) is 4.17. The Bertz CT molecular complexity index is 1010. The lowest BCUT2D eigenvalue weighted by molar-refractivity contribution is 0.590. The molecule has 2 aromatic rings. The van der Waals surface area contributed by atoms with E-state index in [1.807, 2.05) is 19.1 Å². The van der Waals surface area contributed by atoms with Crippen LogP contribution in [0.1, 0.15) is 18.9 Å². The first kappa shape index (κ1) is 16.4. The van der Waals surface area contributed by atoms with Gasteiger partial charge in [-0.15, -0.1) is 0 Å². The van der Waals surface area contributed by atoms with Gasteiger partial charge in [0.2, 0.25) is 0 Å². The van der Waals surface area contributed by atoms with Crippen molar-refractivity contribution in [1.82, 2.24) is 0 Å². The van der Waals surface area contributed by atoms with Gasteiger partial charge in [0.05, 0.1) is 17.1 Å². The van der Waals surface area contributed by atoms with E-state index in [0.29, 0.717) is 30.2 Å². The quantitative estimate of drug-likeness (QED) is 0.794. The van der Waals surface area contributed by atoms with Crippen molar-refractivity contribution in [3.8, 4) is 0 Å². The van der Waals surface area contributed by atoms with Gasteiger partial charge in [0, 0.05) is 28.4 Å². The van der Waals surface area contributed by atoms with Crippen molar-refractivity contribution in [1.29, 1.82) is 0 Å². The van der Waals surface area contributed by atoms with Gasteiger partial charge in [-0.3, -0.25) is 9.30 Å². The number of hydrogen-bond donors (Lipinski definition) is 0. The molecule has 128 valence electrons. The maximum absolute atomic E-state index is 13.2. The van der Waals surface area contributed by atoms with Crippen LogP contribution in [0.25, 0.3) is 5.57 Å². The molecule has 2 aromatic carbocycles. The molecule has 0 N–H and O–H groups in total. The number of aliphatic imine (C=N–C) groups is 1. The summed E-state index contributed by atoms with van der Waals surface area (Å²) < 4.78 is 28.0. The third-order valence-electron chi connectivity index (χ3n) is 4.67. The zero-order valence-corrected chi connectivity index (χ0v) is 15.3. The van der Waals surface area contributed by atoms with Crippen LogP contribution < -0.4 is 4.31 Å². The van der Waals surface area contributed by atoms with E-state index in [1.165, 1.54) is 9.88 Å². The van der Waals surface area contributed by atoms with Crippen LogP contribution >= 0.6 is 11.6 Å². The molecule has 2 heterocycles. The summed E-state index contributed by atoms with van der Waals surface area (Å²) in [5.74, 6) is 0. The molecule has 0 fully saturated rings. The number of allylic oxidation sites excluding steroid dienone is 1. The Morgan fingerprint density at radius 2 is 1.88 bits per heavy atom. The summed E-state index contributed by atoms with van der Waals surface area (Å²) >= 11 is 6.20. The van der Waals surface area contributed by atoms with E-state index in [2.05, 4.69) is 4.99 Å². The molecule has 6 heteroatoms. The molecule has 2 aliphatic rings. The number of fused-ring (bicyclic) bond motifs is 2. The van der Waals surface area contributed by atoms with E-state index in [4.69, 9.17) is 11.6 Å². The lowest BCUT2D eigenvalue weighted by Crippen LogP contribution is -2.32. The Labute approximate surface area is 152 Å². The Kier molecular flexibility index (Phi) is 3.93. The number of nitrogens with zero attached hydrogens (tertiary/aromatic N) is 2. The van der Waals surface area contributed by atoms with E-state index in [1.54, 1.807) is 36.4 Å². The second kappa shape index (κ2) is 6.00. The molecule has 0 amide bonds. The fraction of sp³-hybridized carbons (Fsp3) is 0.211. The average Bonchev–Trinajstić information content (AvgIpc) is 2.88. The van der Waals surface area contributed by atoms with Crippen molar-refractivity contribution in [2.24, 2.45) is 4.99 Å². The Balaban J connectivity index is 1.91. The van der Waals surface area contributed by atoms with Gasteiger partial charge in [-0.1, -0.05) is 35.9 Å². The fourth-order valence-corrected chi connectivity index (χ4v) is 5.13. The molecule has 0 atom stereocenters. The monoisotopic (exact) mass is 372 g/mol. The SMILES string of the molecule is CC1=NCC2=C1c1ccc(Cl)cc1N(S(=O)(=O)c1ccccc1)CC2. The highest BCUT2D eigenvalue weighted by Gasteiger charge is 2.32. The molecule has 25 heavy (non-hydrogen) atoms. The van der Waals surface area contributed by atoms with Gasteiger partial charge in [-0.25, -0.2) is 8.42 Å². The van der Waals surface area contributed by atoms with Crippen LogP contribution in [-0.2, 0) is 10.0 Å². The first-order chi connectivity index (χ1) is 12.0. The highest BCUT2D eigenvalue weighted by molar-refractivity contribution is 7.92. The molecule has 2 aliphatic heterocycles. The lowest BCUT2D eigenvalue weighted by atomic mass is 9.97. The van der Waals surface area contributed by atoms with Gasteiger partial charge in [-0.2, -0.15) is 0 Å². The topological polar surface area (TPSA) is 49.7 Å². The number of sulfonamides is 1. The second-order valence-corrected chi connectivity index (χ2v) is 8.48. The summed E-state index contributed by atoms with van der Waals surface area (Å²) in [7, 11) is -3.66. The zero-order chi connectivity index (χ0) is 17.6. The summed E-state index contributed by atoms with van der Waals surface area (Å²) in [6.45, 7) is 3.00. The molecule has 0 aliphatic carbocycles. The van der Waals surface area contributed by atoms with E-state index < -0.39 is 10.0 Å². The molecule has 0 saturated heterocycles. The van der Waals surface area contributed by atoms with Crippen LogP contribution in [0.4, 0.5) is 5.69 Å². The summed E-state index contributed by atoms with van der Waals surface area (Å²) in [5.41, 5.74) is 4.72. The van der Waals surface area contributed by atoms with Crippen molar-refractivity contribution in [3.05, 3.63) is 64.7 Å². The fourth-order valence-electron chi connectivity index (χ4n) is 3.47. The molecule has 0 saturated carbocycles. The van der Waals surface area contributed by atoms with E-state index in [-0.39, 0.29) is 4.90 Å². The number of anilines is 1. The van der Waals surface area contributed by atoms with Gasteiger partial charge in [0.15, 0.2) is 0 Å². The van der Waals surface area contributed by atoms with Crippen molar-refractivity contribution < 1.29 is 8.42 Å². The van der Waals surface area contributed by atoms with Crippen molar-refractivity contribution >= 4 is 38.6 Å². The van der Waals surface area contributed by atoms with Crippen LogP contribution in [0.3, 0.4) is 0 Å². The Morgan fingerprint density at radius 1 is 1.12 bits per heavy atom. The molecule has 4 rings (SSSR count). The number of benzene rings is 2. The van der Waals surface area contributed by atoms with Gasteiger partial charge < -0.3 is 0 Å². The molecule has 0 spiro atoms. The molecule has 0 radical (unpaired) electrons. The number of rotatable bonds is 2. The maximum atomic E-state index is 13.2. The smallest absolute Gasteiger partial charge is 0.264 e. The first-order valence-electron chi connectivity index (χ1n) is 8.09. The molecule has 0 unspecified atom stereocenters. The molecular weight excluding hydrogens is 356 g/mol. The van der Waals surface area contributed by atoms with Gasteiger partial charge in [0.1, 0.15) is 0 Å². The number of hydrogen-bond acceptors (Lipinski definition) is 3. The first-order valence-corrected chi connectivity index (χ1v) is 9.91. The average molecular weight is 373 g/mol. The van der Waals surface area contributed by atoms with Gasteiger partial charge in [0.25, 0.3) is 10.0 Å². The lowest BCUT2D eigenvalue weighted by Gasteiger charge is -2.25. The summed E-state index contributed by atoms with van der Waals surface area (Å²) in [4.78, 5) is 4.82. The molecule has 4 nitrogen and oxygen atoms in total.